The SMILES string of the molecule is COc1cc(C#N)cc(-n2nc(B3OC(C)(C)C(C)(C)O3)ccc2=O)c1. The van der Waals surface area contributed by atoms with Crippen LogP contribution >= 0.6 is 0 Å². The lowest BCUT2D eigenvalue weighted by atomic mass is 9.85. The van der Waals surface area contributed by atoms with Crippen LogP contribution in [0.15, 0.2) is 35.1 Å². The van der Waals surface area contributed by atoms with E-state index >= 15 is 0 Å². The lowest BCUT2D eigenvalue weighted by Crippen LogP contribution is -2.41. The highest BCUT2D eigenvalue weighted by Crippen LogP contribution is 2.36. The molecular formula is C18H20BN3O4. The van der Waals surface area contributed by atoms with Crippen LogP contribution in [0.5, 0.6) is 5.75 Å². The molecule has 0 unspecified atom stereocenters. The molecule has 2 heterocycles. The summed E-state index contributed by atoms with van der Waals surface area (Å²) in [5.74, 6) is 0.466. The van der Waals surface area contributed by atoms with Crippen molar-refractivity contribution >= 4 is 12.7 Å². The molecule has 0 radical (unpaired) electrons. The lowest BCUT2D eigenvalue weighted by Gasteiger charge is -2.32. The van der Waals surface area contributed by atoms with E-state index in [1.54, 1.807) is 24.3 Å². The molecular weight excluding hydrogens is 333 g/mol. The normalized spacial score (nSPS) is 17.8. The van der Waals surface area contributed by atoms with Gasteiger partial charge in [-0.15, -0.1) is 0 Å². The Morgan fingerprint density at radius 3 is 2.38 bits per heavy atom. The van der Waals surface area contributed by atoms with Crippen LogP contribution in [-0.2, 0) is 9.31 Å². The molecule has 1 fully saturated rings. The highest BCUT2D eigenvalue weighted by atomic mass is 16.7. The molecule has 0 atom stereocenters. The van der Waals surface area contributed by atoms with E-state index < -0.39 is 18.3 Å². The first kappa shape index (κ1) is 18.2. The number of benzene rings is 1. The van der Waals surface area contributed by atoms with Crippen LogP contribution in [0.3, 0.4) is 0 Å². The molecule has 0 saturated carbocycles. The van der Waals surface area contributed by atoms with Crippen LogP contribution in [0.2, 0.25) is 0 Å². The molecule has 7 nitrogen and oxygen atoms in total. The van der Waals surface area contributed by atoms with Gasteiger partial charge in [0.2, 0.25) is 0 Å². The molecule has 0 aliphatic carbocycles. The monoisotopic (exact) mass is 353 g/mol. The minimum Gasteiger partial charge on any atom is -0.497 e. The van der Waals surface area contributed by atoms with E-state index in [2.05, 4.69) is 11.2 Å². The molecule has 1 aromatic carbocycles. The zero-order chi connectivity index (χ0) is 19.1. The first-order valence-electron chi connectivity index (χ1n) is 8.22. The smallest absolute Gasteiger partial charge is 0.497 e. The van der Waals surface area contributed by atoms with Crippen LogP contribution in [-0.4, -0.2) is 35.2 Å². The van der Waals surface area contributed by atoms with Gasteiger partial charge in [0.25, 0.3) is 5.56 Å². The van der Waals surface area contributed by atoms with Gasteiger partial charge in [-0.2, -0.15) is 15.0 Å². The zero-order valence-corrected chi connectivity index (χ0v) is 15.4. The molecule has 2 aromatic rings. The summed E-state index contributed by atoms with van der Waals surface area (Å²) in [5, 5.41) is 13.6. The summed E-state index contributed by atoms with van der Waals surface area (Å²) in [6.07, 6.45) is 0. The van der Waals surface area contributed by atoms with Gasteiger partial charge in [0.15, 0.2) is 0 Å². The Morgan fingerprint density at radius 1 is 1.15 bits per heavy atom. The van der Waals surface area contributed by atoms with Gasteiger partial charge in [0.05, 0.1) is 41.2 Å². The van der Waals surface area contributed by atoms with Crippen molar-refractivity contribution in [3.63, 3.8) is 0 Å². The molecule has 1 aliphatic rings. The summed E-state index contributed by atoms with van der Waals surface area (Å²) in [6, 6.07) is 9.85. The fourth-order valence-corrected chi connectivity index (χ4v) is 2.59. The molecule has 8 heteroatoms. The molecule has 1 aliphatic heterocycles. The van der Waals surface area contributed by atoms with Crippen LogP contribution < -0.4 is 15.9 Å². The summed E-state index contributed by atoms with van der Waals surface area (Å²) in [4.78, 5) is 12.3. The molecule has 1 saturated heterocycles. The fourth-order valence-electron chi connectivity index (χ4n) is 2.59. The van der Waals surface area contributed by atoms with Crippen molar-refractivity contribution < 1.29 is 14.0 Å². The van der Waals surface area contributed by atoms with Gasteiger partial charge in [-0.1, -0.05) is 0 Å². The highest BCUT2D eigenvalue weighted by molar-refractivity contribution is 6.61. The van der Waals surface area contributed by atoms with Crippen molar-refractivity contribution in [2.24, 2.45) is 0 Å². The van der Waals surface area contributed by atoms with Crippen molar-refractivity contribution in [2.75, 3.05) is 7.11 Å². The summed E-state index contributed by atoms with van der Waals surface area (Å²) >= 11 is 0. The molecule has 0 spiro atoms. The van der Waals surface area contributed by atoms with Crippen molar-refractivity contribution in [2.45, 2.75) is 38.9 Å². The Morgan fingerprint density at radius 2 is 1.81 bits per heavy atom. The fraction of sp³-hybridized carbons (Fsp3) is 0.389. The van der Waals surface area contributed by atoms with Crippen molar-refractivity contribution in [3.8, 4) is 17.5 Å². The Bertz CT molecular complexity index is 930. The third-order valence-corrected chi connectivity index (χ3v) is 4.82. The summed E-state index contributed by atoms with van der Waals surface area (Å²) in [7, 11) is 0.810. The summed E-state index contributed by atoms with van der Waals surface area (Å²) in [5.41, 5.74) is -0.0699. The standard InChI is InChI=1S/C18H20BN3O4/c1-17(2)18(3,4)26-19(25-17)15-6-7-16(23)22(21-15)13-8-12(11-20)9-14(10-13)24-5/h6-10H,1-5H3. The lowest BCUT2D eigenvalue weighted by molar-refractivity contribution is 0.00578. The number of rotatable bonds is 3. The third-order valence-electron chi connectivity index (χ3n) is 4.82. The maximum absolute atomic E-state index is 12.3. The predicted molar refractivity (Wildman–Crippen MR) is 96.8 cm³/mol. The third kappa shape index (κ3) is 3.11. The van der Waals surface area contributed by atoms with Crippen molar-refractivity contribution in [1.29, 1.82) is 5.26 Å². The Hall–Kier alpha value is -2.63. The van der Waals surface area contributed by atoms with E-state index in [0.717, 1.165) is 0 Å². The second-order valence-electron chi connectivity index (χ2n) is 7.13. The average Bonchev–Trinajstić information content (AvgIpc) is 2.82. The van der Waals surface area contributed by atoms with E-state index in [0.29, 0.717) is 22.6 Å². The minimum atomic E-state index is -0.687. The number of hydrogen-bond donors (Lipinski definition) is 0. The Kier molecular flexibility index (Phi) is 4.38. The van der Waals surface area contributed by atoms with Gasteiger partial charge in [-0.05, 0) is 45.9 Å². The topological polar surface area (TPSA) is 86.4 Å². The molecule has 26 heavy (non-hydrogen) atoms. The quantitative estimate of drug-likeness (QED) is 0.776. The Balaban J connectivity index is 2.06. The molecule has 0 amide bonds. The number of nitrogens with zero attached hydrogens (tertiary/aromatic N) is 3. The summed E-state index contributed by atoms with van der Waals surface area (Å²) in [6.45, 7) is 7.79. The molecule has 0 bridgehead atoms. The molecule has 3 rings (SSSR count). The van der Waals surface area contributed by atoms with Gasteiger partial charge >= 0.3 is 7.12 Å². The zero-order valence-electron chi connectivity index (χ0n) is 15.4. The van der Waals surface area contributed by atoms with Crippen molar-refractivity contribution in [1.82, 2.24) is 9.78 Å². The van der Waals surface area contributed by atoms with Gasteiger partial charge in [-0.25, -0.2) is 0 Å². The van der Waals surface area contributed by atoms with Crippen LogP contribution in [0.25, 0.3) is 5.69 Å². The maximum Gasteiger partial charge on any atom is 0.516 e. The van der Waals surface area contributed by atoms with E-state index in [9.17, 15) is 10.1 Å². The molecule has 0 N–H and O–H groups in total. The summed E-state index contributed by atoms with van der Waals surface area (Å²) < 4.78 is 18.4. The molecule has 134 valence electrons. The first-order chi connectivity index (χ1) is 12.2. The van der Waals surface area contributed by atoms with E-state index in [4.69, 9.17) is 14.0 Å². The minimum absolute atomic E-state index is 0.331. The average molecular weight is 353 g/mol. The second kappa shape index (κ2) is 6.27. The first-order valence-corrected chi connectivity index (χ1v) is 8.22. The second-order valence-corrected chi connectivity index (χ2v) is 7.13. The van der Waals surface area contributed by atoms with E-state index in [1.165, 1.54) is 17.9 Å². The van der Waals surface area contributed by atoms with Gasteiger partial charge in [-0.3, -0.25) is 4.79 Å². The van der Waals surface area contributed by atoms with Crippen molar-refractivity contribution in [3.05, 3.63) is 46.2 Å². The van der Waals surface area contributed by atoms with Crippen LogP contribution in [0, 0.1) is 11.3 Å². The van der Waals surface area contributed by atoms with Gasteiger partial charge in [0.1, 0.15) is 5.75 Å². The number of hydrogen-bond acceptors (Lipinski definition) is 6. The predicted octanol–water partition coefficient (Wildman–Crippen LogP) is 1.41. The Labute approximate surface area is 152 Å². The number of ether oxygens (including phenoxy) is 1. The number of aromatic nitrogens is 2. The van der Waals surface area contributed by atoms with Crippen LogP contribution in [0.1, 0.15) is 33.3 Å². The largest absolute Gasteiger partial charge is 0.516 e. The molecule has 1 aromatic heterocycles. The maximum atomic E-state index is 12.3. The number of methoxy groups -OCH3 is 1. The van der Waals surface area contributed by atoms with E-state index in [-0.39, 0.29) is 5.56 Å². The van der Waals surface area contributed by atoms with E-state index in [1.807, 2.05) is 27.7 Å². The van der Waals surface area contributed by atoms with Crippen LogP contribution in [0.4, 0.5) is 0 Å². The van der Waals surface area contributed by atoms with Gasteiger partial charge in [0, 0.05) is 12.1 Å². The number of nitriles is 1. The van der Waals surface area contributed by atoms with Gasteiger partial charge < -0.3 is 14.0 Å². The highest BCUT2D eigenvalue weighted by Gasteiger charge is 2.52.